The summed E-state index contributed by atoms with van der Waals surface area (Å²) in [6.07, 6.45) is 2.42. The molecule has 0 heterocycles. The summed E-state index contributed by atoms with van der Waals surface area (Å²) in [4.78, 5) is 25.3. The molecule has 3 aromatic rings. The molecule has 0 bridgehead atoms. The molecular formula is C23H15Cl2NO3. The fourth-order valence-corrected chi connectivity index (χ4v) is 3.58. The van der Waals surface area contributed by atoms with Crippen molar-refractivity contribution in [3.8, 4) is 11.5 Å². The molecule has 6 heteroatoms. The van der Waals surface area contributed by atoms with E-state index in [0.29, 0.717) is 39.2 Å². The third kappa shape index (κ3) is 4.04. The maximum Gasteiger partial charge on any atom is 0.296 e. The van der Waals surface area contributed by atoms with E-state index in [1.165, 1.54) is 0 Å². The molecule has 0 fully saturated rings. The van der Waals surface area contributed by atoms with Crippen LogP contribution in [-0.4, -0.2) is 11.7 Å². The maximum absolute atomic E-state index is 12.7. The van der Waals surface area contributed by atoms with Gasteiger partial charge in [0.2, 0.25) is 0 Å². The van der Waals surface area contributed by atoms with Crippen molar-refractivity contribution in [1.29, 1.82) is 0 Å². The van der Waals surface area contributed by atoms with Gasteiger partial charge in [0.05, 0.1) is 10.7 Å². The fraction of sp³-hybridized carbons (Fsp3) is 0.0435. The number of ether oxygens (including phenoxy) is 1. The SMILES string of the molecule is O=C(Nc1ccccc1Oc1ccc(Cl)cc1Cl)C(=O)C1=CCc2ccccc21. The van der Waals surface area contributed by atoms with Crippen LogP contribution in [0, 0.1) is 0 Å². The minimum atomic E-state index is -0.730. The molecule has 0 spiro atoms. The van der Waals surface area contributed by atoms with Crippen LogP contribution in [0.4, 0.5) is 5.69 Å². The van der Waals surface area contributed by atoms with E-state index in [1.807, 2.05) is 24.3 Å². The molecular weight excluding hydrogens is 409 g/mol. The number of hydrogen-bond acceptors (Lipinski definition) is 3. The molecule has 0 saturated carbocycles. The van der Waals surface area contributed by atoms with Crippen molar-refractivity contribution in [2.75, 3.05) is 5.32 Å². The summed E-state index contributed by atoms with van der Waals surface area (Å²) in [7, 11) is 0. The van der Waals surface area contributed by atoms with E-state index in [-0.39, 0.29) is 0 Å². The summed E-state index contributed by atoms with van der Waals surface area (Å²) < 4.78 is 5.83. The monoisotopic (exact) mass is 423 g/mol. The molecule has 0 unspecified atom stereocenters. The number of Topliss-reactive ketones (excluding diaryl/α,β-unsaturated/α-hetero) is 1. The summed E-state index contributed by atoms with van der Waals surface area (Å²) >= 11 is 12.1. The number of rotatable bonds is 5. The van der Waals surface area contributed by atoms with Gasteiger partial charge in [-0.2, -0.15) is 0 Å². The molecule has 1 aliphatic rings. The van der Waals surface area contributed by atoms with Crippen LogP contribution in [0.15, 0.2) is 72.8 Å². The summed E-state index contributed by atoms with van der Waals surface area (Å²) in [6, 6.07) is 19.2. The van der Waals surface area contributed by atoms with Gasteiger partial charge in [-0.1, -0.05) is 65.7 Å². The van der Waals surface area contributed by atoms with Crippen LogP contribution < -0.4 is 10.1 Å². The average molecular weight is 424 g/mol. The molecule has 4 nitrogen and oxygen atoms in total. The van der Waals surface area contributed by atoms with Crippen molar-refractivity contribution in [2.45, 2.75) is 6.42 Å². The van der Waals surface area contributed by atoms with E-state index in [9.17, 15) is 9.59 Å². The average Bonchev–Trinajstić information content (AvgIpc) is 3.15. The van der Waals surface area contributed by atoms with E-state index in [4.69, 9.17) is 27.9 Å². The van der Waals surface area contributed by atoms with Gasteiger partial charge in [-0.15, -0.1) is 0 Å². The zero-order chi connectivity index (χ0) is 20.4. The molecule has 1 amide bonds. The molecule has 1 N–H and O–H groups in total. The van der Waals surface area contributed by atoms with Crippen LogP contribution >= 0.6 is 23.2 Å². The molecule has 3 aromatic carbocycles. The van der Waals surface area contributed by atoms with Gasteiger partial charge in [-0.3, -0.25) is 9.59 Å². The van der Waals surface area contributed by atoms with Crippen molar-refractivity contribution in [1.82, 2.24) is 0 Å². The van der Waals surface area contributed by atoms with E-state index >= 15 is 0 Å². The highest BCUT2D eigenvalue weighted by Gasteiger charge is 2.25. The Morgan fingerprint density at radius 1 is 0.897 bits per heavy atom. The molecule has 0 saturated heterocycles. The number of nitrogens with one attached hydrogen (secondary N) is 1. The fourth-order valence-electron chi connectivity index (χ4n) is 3.13. The number of allylic oxidation sites excluding steroid dienone is 1. The zero-order valence-corrected chi connectivity index (χ0v) is 16.6. The summed E-state index contributed by atoms with van der Waals surface area (Å²) in [6.45, 7) is 0. The smallest absolute Gasteiger partial charge is 0.296 e. The van der Waals surface area contributed by atoms with Crippen LogP contribution in [0.5, 0.6) is 11.5 Å². The number of fused-ring (bicyclic) bond motifs is 1. The van der Waals surface area contributed by atoms with Gasteiger partial charge < -0.3 is 10.1 Å². The van der Waals surface area contributed by atoms with Gasteiger partial charge in [-0.25, -0.2) is 0 Å². The first kappa shape index (κ1) is 19.2. The maximum atomic E-state index is 12.7. The van der Waals surface area contributed by atoms with Gasteiger partial charge >= 0.3 is 0 Å². The largest absolute Gasteiger partial charge is 0.454 e. The molecule has 0 radical (unpaired) electrons. The second-order valence-corrected chi connectivity index (χ2v) is 7.28. The molecule has 0 atom stereocenters. The minimum Gasteiger partial charge on any atom is -0.454 e. The second-order valence-electron chi connectivity index (χ2n) is 6.44. The van der Waals surface area contributed by atoms with Gasteiger partial charge in [0.25, 0.3) is 11.7 Å². The van der Waals surface area contributed by atoms with Gasteiger partial charge in [0.15, 0.2) is 5.75 Å². The lowest BCUT2D eigenvalue weighted by Gasteiger charge is -2.13. The van der Waals surface area contributed by atoms with Crippen molar-refractivity contribution in [3.63, 3.8) is 0 Å². The number of anilines is 1. The third-order valence-electron chi connectivity index (χ3n) is 4.53. The Kier molecular flexibility index (Phi) is 5.38. The quantitative estimate of drug-likeness (QED) is 0.517. The Bertz CT molecular complexity index is 1150. The first-order valence-corrected chi connectivity index (χ1v) is 9.64. The molecule has 4 rings (SSSR count). The van der Waals surface area contributed by atoms with Crippen molar-refractivity contribution >= 4 is 46.2 Å². The van der Waals surface area contributed by atoms with E-state index in [0.717, 1.165) is 11.1 Å². The Morgan fingerprint density at radius 2 is 1.66 bits per heavy atom. The van der Waals surface area contributed by atoms with Crippen molar-refractivity contribution < 1.29 is 14.3 Å². The standard InChI is InChI=1S/C23H15Cl2NO3/c24-15-10-12-20(18(25)13-15)29-21-8-4-3-7-19(21)26-23(28)22(27)17-11-9-14-5-1-2-6-16(14)17/h1-8,10-13H,9H2,(H,26,28). The first-order valence-electron chi connectivity index (χ1n) is 8.89. The molecule has 29 heavy (non-hydrogen) atoms. The molecule has 0 aromatic heterocycles. The Hall–Kier alpha value is -3.08. The third-order valence-corrected chi connectivity index (χ3v) is 5.06. The summed E-state index contributed by atoms with van der Waals surface area (Å²) in [5.41, 5.74) is 2.61. The predicted octanol–water partition coefficient (Wildman–Crippen LogP) is 5.93. The number of amides is 1. The topological polar surface area (TPSA) is 55.4 Å². The number of carbonyl (C=O) groups is 2. The Labute approximate surface area is 177 Å². The number of benzene rings is 3. The Balaban J connectivity index is 1.54. The van der Waals surface area contributed by atoms with Gasteiger partial charge in [-0.05, 0) is 47.9 Å². The zero-order valence-electron chi connectivity index (χ0n) is 15.1. The highest BCUT2D eigenvalue weighted by Crippen LogP contribution is 2.35. The van der Waals surface area contributed by atoms with Gasteiger partial charge in [0.1, 0.15) is 5.75 Å². The predicted molar refractivity (Wildman–Crippen MR) is 115 cm³/mol. The van der Waals surface area contributed by atoms with Crippen molar-refractivity contribution in [3.05, 3.63) is 94.0 Å². The number of hydrogen-bond donors (Lipinski definition) is 1. The van der Waals surface area contributed by atoms with E-state index < -0.39 is 11.7 Å². The van der Waals surface area contributed by atoms with Crippen LogP contribution in [0.25, 0.3) is 5.57 Å². The van der Waals surface area contributed by atoms with Gasteiger partial charge in [0, 0.05) is 10.6 Å². The van der Waals surface area contributed by atoms with Crippen LogP contribution in [0.1, 0.15) is 11.1 Å². The van der Waals surface area contributed by atoms with Crippen molar-refractivity contribution in [2.24, 2.45) is 0 Å². The molecule has 1 aliphatic carbocycles. The van der Waals surface area contributed by atoms with E-state index in [2.05, 4.69) is 5.32 Å². The van der Waals surface area contributed by atoms with Crippen LogP contribution in [-0.2, 0) is 16.0 Å². The lowest BCUT2D eigenvalue weighted by Crippen LogP contribution is -2.23. The number of halogens is 2. The molecule has 0 aliphatic heterocycles. The highest BCUT2D eigenvalue weighted by atomic mass is 35.5. The molecule has 144 valence electrons. The lowest BCUT2D eigenvalue weighted by molar-refractivity contribution is -0.131. The van der Waals surface area contributed by atoms with Crippen LogP contribution in [0.3, 0.4) is 0 Å². The number of ketones is 1. The first-order chi connectivity index (χ1) is 14.0. The number of para-hydroxylation sites is 2. The number of carbonyl (C=O) groups excluding carboxylic acids is 2. The second kappa shape index (κ2) is 8.11. The normalized spacial score (nSPS) is 12.1. The lowest BCUT2D eigenvalue weighted by atomic mass is 10.0. The van der Waals surface area contributed by atoms with E-state index in [1.54, 1.807) is 48.5 Å². The highest BCUT2D eigenvalue weighted by molar-refractivity contribution is 6.56. The minimum absolute atomic E-state index is 0.336. The Morgan fingerprint density at radius 3 is 2.48 bits per heavy atom. The van der Waals surface area contributed by atoms with Crippen LogP contribution in [0.2, 0.25) is 10.0 Å². The summed E-state index contributed by atoms with van der Waals surface area (Å²) in [5.74, 6) is -0.573. The summed E-state index contributed by atoms with van der Waals surface area (Å²) in [5, 5.41) is 3.47.